The average Bonchev–Trinajstić information content (AvgIpc) is 2.43. The average molecular weight is 187 g/mol. The van der Waals surface area contributed by atoms with Crippen LogP contribution in [0.4, 0.5) is 0 Å². The Labute approximate surface area is 83.6 Å². The fraction of sp³-hybridized carbons (Fsp3) is 0.417. The highest BCUT2D eigenvalue weighted by atomic mass is 16.2. The Kier molecular flexibility index (Phi) is 1.26. The van der Waals surface area contributed by atoms with Gasteiger partial charge in [-0.3, -0.25) is 4.79 Å². The van der Waals surface area contributed by atoms with Crippen molar-refractivity contribution in [2.45, 2.75) is 18.9 Å². The Bertz CT molecular complexity index is 400. The standard InChI is InChI=1S/C12H13NO/c1-8-10-7-9-3-5-12(10,6-4-9)13(2)11(8)14/h3-6,9H,7H2,1-2H3. The van der Waals surface area contributed by atoms with Crippen molar-refractivity contribution in [2.24, 2.45) is 5.92 Å². The monoisotopic (exact) mass is 187 g/mol. The quantitative estimate of drug-likeness (QED) is 0.528. The van der Waals surface area contributed by atoms with Crippen molar-refractivity contribution < 1.29 is 4.79 Å². The molecule has 1 amide bonds. The minimum absolute atomic E-state index is 0.178. The Morgan fingerprint density at radius 2 is 2.07 bits per heavy atom. The van der Waals surface area contributed by atoms with Gasteiger partial charge >= 0.3 is 0 Å². The number of nitrogens with zero attached hydrogens (tertiary/aromatic N) is 1. The van der Waals surface area contributed by atoms with Crippen molar-refractivity contribution in [3.63, 3.8) is 0 Å². The van der Waals surface area contributed by atoms with Gasteiger partial charge in [0.15, 0.2) is 0 Å². The molecule has 0 unspecified atom stereocenters. The molecule has 4 rings (SSSR count). The lowest BCUT2D eigenvalue weighted by Crippen LogP contribution is -2.46. The van der Waals surface area contributed by atoms with Crippen LogP contribution < -0.4 is 0 Å². The zero-order valence-electron chi connectivity index (χ0n) is 8.45. The minimum atomic E-state index is -0.198. The molecule has 1 aliphatic heterocycles. The van der Waals surface area contributed by atoms with Gasteiger partial charge in [-0.1, -0.05) is 24.3 Å². The Balaban J connectivity index is 2.27. The summed E-state index contributed by atoms with van der Waals surface area (Å²) in [6.45, 7) is 1.95. The van der Waals surface area contributed by atoms with Gasteiger partial charge in [0, 0.05) is 12.6 Å². The van der Waals surface area contributed by atoms with E-state index in [1.807, 2.05) is 18.9 Å². The molecule has 0 N–H and O–H groups in total. The summed E-state index contributed by atoms with van der Waals surface area (Å²) in [5.41, 5.74) is 2.06. The van der Waals surface area contributed by atoms with Crippen LogP contribution in [0.1, 0.15) is 13.3 Å². The molecule has 2 heteroatoms. The van der Waals surface area contributed by atoms with Gasteiger partial charge in [0.2, 0.25) is 0 Å². The van der Waals surface area contributed by atoms with Crippen molar-refractivity contribution >= 4 is 5.91 Å². The van der Waals surface area contributed by atoms with E-state index in [9.17, 15) is 4.79 Å². The first-order valence-electron chi connectivity index (χ1n) is 5.02. The molecule has 0 saturated heterocycles. The van der Waals surface area contributed by atoms with Crippen LogP contribution in [0.25, 0.3) is 0 Å². The summed E-state index contributed by atoms with van der Waals surface area (Å²) in [6.07, 6.45) is 9.79. The zero-order chi connectivity index (χ0) is 9.92. The Hall–Kier alpha value is -1.31. The maximum atomic E-state index is 11.9. The van der Waals surface area contributed by atoms with Gasteiger partial charge in [-0.15, -0.1) is 0 Å². The van der Waals surface area contributed by atoms with Gasteiger partial charge in [-0.05, 0) is 24.8 Å². The third kappa shape index (κ3) is 0.671. The number of carbonyl (C=O) groups is 1. The number of amides is 1. The van der Waals surface area contributed by atoms with E-state index >= 15 is 0 Å². The molecule has 1 spiro atoms. The van der Waals surface area contributed by atoms with Crippen molar-refractivity contribution in [1.82, 2.24) is 4.90 Å². The van der Waals surface area contributed by atoms with Crippen LogP contribution >= 0.6 is 0 Å². The smallest absolute Gasteiger partial charge is 0.250 e. The molecule has 0 radical (unpaired) electrons. The summed E-state index contributed by atoms with van der Waals surface area (Å²) in [7, 11) is 1.89. The minimum Gasteiger partial charge on any atom is -0.326 e. The number of hydrogen-bond acceptors (Lipinski definition) is 1. The maximum absolute atomic E-state index is 11.9. The molecule has 0 aromatic heterocycles. The van der Waals surface area contributed by atoms with E-state index in [1.54, 1.807) is 0 Å². The van der Waals surface area contributed by atoms with Crippen LogP contribution in [-0.2, 0) is 4.79 Å². The first-order valence-corrected chi connectivity index (χ1v) is 5.02. The van der Waals surface area contributed by atoms with Gasteiger partial charge in [0.05, 0.1) is 0 Å². The molecule has 2 nitrogen and oxygen atoms in total. The number of allylic oxidation sites excluding steroid dienone is 2. The van der Waals surface area contributed by atoms with Crippen molar-refractivity contribution in [3.05, 3.63) is 35.5 Å². The lowest BCUT2D eigenvalue weighted by Gasteiger charge is -2.41. The highest BCUT2D eigenvalue weighted by Gasteiger charge is 2.48. The summed E-state index contributed by atoms with van der Waals surface area (Å²) < 4.78 is 0. The molecular weight excluding hydrogens is 174 g/mol. The molecule has 3 aliphatic carbocycles. The Morgan fingerprint density at radius 1 is 1.43 bits per heavy atom. The largest absolute Gasteiger partial charge is 0.326 e. The van der Waals surface area contributed by atoms with Crippen molar-refractivity contribution in [3.8, 4) is 0 Å². The summed E-state index contributed by atoms with van der Waals surface area (Å²) in [4.78, 5) is 13.7. The summed E-state index contributed by atoms with van der Waals surface area (Å²) in [5, 5.41) is 0. The SMILES string of the molecule is CC1=C2CC3C=CC2(C=C3)N(C)C1=O. The van der Waals surface area contributed by atoms with Crippen LogP contribution in [0, 0.1) is 5.92 Å². The number of rotatable bonds is 0. The number of carbonyl (C=O) groups excluding carboxylic acids is 1. The van der Waals surface area contributed by atoms with E-state index in [2.05, 4.69) is 24.3 Å². The molecule has 0 saturated carbocycles. The van der Waals surface area contributed by atoms with E-state index < -0.39 is 0 Å². The lowest BCUT2D eigenvalue weighted by atomic mass is 9.72. The fourth-order valence-electron chi connectivity index (χ4n) is 2.82. The van der Waals surface area contributed by atoms with Gasteiger partial charge in [0.1, 0.15) is 5.54 Å². The van der Waals surface area contributed by atoms with Gasteiger partial charge in [0.25, 0.3) is 5.91 Å². The zero-order valence-corrected chi connectivity index (χ0v) is 8.45. The van der Waals surface area contributed by atoms with Crippen molar-refractivity contribution in [2.75, 3.05) is 7.05 Å². The number of hydrogen-bond donors (Lipinski definition) is 0. The first kappa shape index (κ1) is 8.04. The predicted molar refractivity (Wildman–Crippen MR) is 54.6 cm³/mol. The Morgan fingerprint density at radius 3 is 2.64 bits per heavy atom. The molecule has 72 valence electrons. The highest BCUT2D eigenvalue weighted by Crippen LogP contribution is 2.47. The second-order valence-corrected chi connectivity index (χ2v) is 4.38. The topological polar surface area (TPSA) is 20.3 Å². The van der Waals surface area contributed by atoms with Crippen LogP contribution in [0.2, 0.25) is 0 Å². The third-order valence-electron chi connectivity index (χ3n) is 3.75. The van der Waals surface area contributed by atoms with Crippen LogP contribution in [0.15, 0.2) is 35.5 Å². The van der Waals surface area contributed by atoms with E-state index in [0.29, 0.717) is 5.92 Å². The van der Waals surface area contributed by atoms with Crippen LogP contribution in [0.3, 0.4) is 0 Å². The molecule has 0 aromatic carbocycles. The normalized spacial score (nSPS) is 38.6. The molecule has 1 heterocycles. The van der Waals surface area contributed by atoms with Gasteiger partial charge in [-0.25, -0.2) is 0 Å². The summed E-state index contributed by atoms with van der Waals surface area (Å²) in [6, 6.07) is 0. The molecule has 0 aromatic rings. The first-order chi connectivity index (χ1) is 6.65. The highest BCUT2D eigenvalue weighted by molar-refractivity contribution is 5.99. The molecule has 0 atom stereocenters. The third-order valence-corrected chi connectivity index (χ3v) is 3.75. The lowest BCUT2D eigenvalue weighted by molar-refractivity contribution is -0.126. The summed E-state index contributed by atoms with van der Waals surface area (Å²) >= 11 is 0. The second-order valence-electron chi connectivity index (χ2n) is 4.38. The molecule has 14 heavy (non-hydrogen) atoms. The van der Waals surface area contributed by atoms with Crippen LogP contribution in [0.5, 0.6) is 0 Å². The molecule has 4 aliphatic rings. The van der Waals surface area contributed by atoms with Gasteiger partial charge < -0.3 is 4.90 Å². The number of likely N-dealkylation sites (N-methyl/N-ethyl adjacent to an activating group) is 1. The fourth-order valence-corrected chi connectivity index (χ4v) is 2.82. The molecular formula is C12H13NO. The maximum Gasteiger partial charge on any atom is 0.250 e. The second kappa shape index (κ2) is 2.19. The van der Waals surface area contributed by atoms with Crippen LogP contribution in [-0.4, -0.2) is 23.4 Å². The van der Waals surface area contributed by atoms with E-state index in [0.717, 1.165) is 12.0 Å². The van der Waals surface area contributed by atoms with E-state index in [4.69, 9.17) is 0 Å². The van der Waals surface area contributed by atoms with Gasteiger partial charge in [-0.2, -0.15) is 0 Å². The van der Waals surface area contributed by atoms with E-state index in [-0.39, 0.29) is 11.4 Å². The molecule has 0 fully saturated rings. The van der Waals surface area contributed by atoms with E-state index in [1.165, 1.54) is 5.57 Å². The summed E-state index contributed by atoms with van der Waals surface area (Å²) in [5.74, 6) is 0.693. The van der Waals surface area contributed by atoms with Crippen molar-refractivity contribution in [1.29, 1.82) is 0 Å². The predicted octanol–water partition coefficient (Wildman–Crippen LogP) is 1.66. The molecule has 2 bridgehead atoms.